The molecule has 0 aliphatic carbocycles. The van der Waals surface area contributed by atoms with Crippen LogP contribution < -0.4 is 10.6 Å². The first-order valence-corrected chi connectivity index (χ1v) is 11.2. The van der Waals surface area contributed by atoms with Gasteiger partial charge in [-0.3, -0.25) is 4.90 Å². The lowest BCUT2D eigenvalue weighted by Gasteiger charge is -2.37. The smallest absolute Gasteiger partial charge is 0.344 e. The maximum absolute atomic E-state index is 13.5. The van der Waals surface area contributed by atoms with Gasteiger partial charge in [0.2, 0.25) is 0 Å². The molecule has 2 aromatic rings. The average Bonchev–Trinajstić information content (AvgIpc) is 3.32. The van der Waals surface area contributed by atoms with Gasteiger partial charge in [-0.15, -0.1) is 0 Å². The van der Waals surface area contributed by atoms with Gasteiger partial charge in [0.25, 0.3) is 0 Å². The summed E-state index contributed by atoms with van der Waals surface area (Å²) in [5, 5.41) is 0. The Kier molecular flexibility index (Phi) is 7.93. The van der Waals surface area contributed by atoms with Crippen molar-refractivity contribution in [2.24, 2.45) is 5.73 Å². The van der Waals surface area contributed by atoms with E-state index in [0.29, 0.717) is 18.5 Å². The number of carbonyl (C=O) groups excluding carboxylic acids is 5. The molecule has 1 heterocycles. The quantitative estimate of drug-likeness (QED) is 0.477. The number of hydrogen-bond donors (Lipinski definition) is 1. The molecule has 1 aliphatic heterocycles. The molecule has 190 valence electrons. The van der Waals surface area contributed by atoms with Crippen molar-refractivity contribution in [3.05, 3.63) is 65.7 Å². The summed E-state index contributed by atoms with van der Waals surface area (Å²) in [5.74, 6) is -2.63. The van der Waals surface area contributed by atoms with E-state index in [0.717, 1.165) is 4.90 Å². The van der Waals surface area contributed by atoms with Crippen LogP contribution >= 0.6 is 0 Å². The van der Waals surface area contributed by atoms with E-state index in [1.165, 1.54) is 41.2 Å². The van der Waals surface area contributed by atoms with Crippen LogP contribution in [0.3, 0.4) is 0 Å². The van der Waals surface area contributed by atoms with Gasteiger partial charge in [0.05, 0.1) is 12.7 Å². The van der Waals surface area contributed by atoms with E-state index < -0.39 is 42.1 Å². The SMILES string of the molecule is COC(=O)c1cccc(N(CC(=O)OC(=O)C2(c3ccccc3)CCCN2C(=O)N(C)C)C(N)=O)c1. The molecule has 1 unspecified atom stereocenters. The molecule has 1 saturated heterocycles. The van der Waals surface area contributed by atoms with Crippen LogP contribution in [0.1, 0.15) is 28.8 Å². The minimum atomic E-state index is -1.51. The third-order valence-electron chi connectivity index (χ3n) is 5.92. The molecule has 0 radical (unpaired) electrons. The molecular formula is C25H28N4O7. The van der Waals surface area contributed by atoms with Gasteiger partial charge in [0.1, 0.15) is 6.54 Å². The molecule has 1 aliphatic rings. The summed E-state index contributed by atoms with van der Waals surface area (Å²) >= 11 is 0. The first kappa shape index (κ1) is 26.2. The van der Waals surface area contributed by atoms with E-state index in [1.807, 2.05) is 0 Å². The second kappa shape index (κ2) is 10.9. The van der Waals surface area contributed by atoms with Crippen molar-refractivity contribution in [2.45, 2.75) is 18.4 Å². The molecule has 2 aromatic carbocycles. The number of likely N-dealkylation sites (tertiary alicyclic amines) is 1. The van der Waals surface area contributed by atoms with Crippen molar-refractivity contribution in [1.82, 2.24) is 9.80 Å². The molecule has 11 heteroatoms. The average molecular weight is 497 g/mol. The maximum atomic E-state index is 13.5. The molecule has 36 heavy (non-hydrogen) atoms. The monoisotopic (exact) mass is 496 g/mol. The number of amides is 4. The van der Waals surface area contributed by atoms with Crippen molar-refractivity contribution in [1.29, 1.82) is 0 Å². The number of anilines is 1. The third kappa shape index (κ3) is 5.14. The zero-order valence-corrected chi connectivity index (χ0v) is 20.3. The van der Waals surface area contributed by atoms with Crippen LogP contribution in [0, 0.1) is 0 Å². The number of benzene rings is 2. The normalized spacial score (nSPS) is 16.7. The Morgan fingerprint density at radius 2 is 1.72 bits per heavy atom. The fourth-order valence-corrected chi connectivity index (χ4v) is 4.23. The highest BCUT2D eigenvalue weighted by Crippen LogP contribution is 2.40. The zero-order valence-electron chi connectivity index (χ0n) is 20.3. The molecule has 11 nitrogen and oxygen atoms in total. The highest BCUT2D eigenvalue weighted by Gasteiger charge is 2.53. The summed E-state index contributed by atoms with van der Waals surface area (Å²) in [4.78, 5) is 66.9. The van der Waals surface area contributed by atoms with Gasteiger partial charge >= 0.3 is 30.0 Å². The lowest BCUT2D eigenvalue weighted by Crippen LogP contribution is -2.55. The number of hydrogen-bond acceptors (Lipinski definition) is 7. The lowest BCUT2D eigenvalue weighted by atomic mass is 9.87. The zero-order chi connectivity index (χ0) is 26.5. The predicted molar refractivity (Wildman–Crippen MR) is 129 cm³/mol. The Balaban J connectivity index is 1.88. The van der Waals surface area contributed by atoms with E-state index in [4.69, 9.17) is 10.5 Å². The van der Waals surface area contributed by atoms with Crippen molar-refractivity contribution >= 4 is 35.7 Å². The maximum Gasteiger partial charge on any atom is 0.344 e. The second-order valence-electron chi connectivity index (χ2n) is 8.39. The number of primary amides is 1. The summed E-state index contributed by atoms with van der Waals surface area (Å²) in [6.07, 6.45) is 0.773. The van der Waals surface area contributed by atoms with Gasteiger partial charge in [0.15, 0.2) is 5.54 Å². The van der Waals surface area contributed by atoms with E-state index >= 15 is 0 Å². The summed E-state index contributed by atoms with van der Waals surface area (Å²) in [5.41, 5.74) is 4.73. The summed E-state index contributed by atoms with van der Waals surface area (Å²) in [7, 11) is 4.35. The number of rotatable bonds is 6. The van der Waals surface area contributed by atoms with Gasteiger partial charge in [-0.05, 0) is 36.6 Å². The van der Waals surface area contributed by atoms with Crippen molar-refractivity contribution in [2.75, 3.05) is 39.2 Å². The van der Waals surface area contributed by atoms with Crippen LogP contribution in [0.4, 0.5) is 15.3 Å². The Bertz CT molecular complexity index is 1170. The molecule has 1 fully saturated rings. The highest BCUT2D eigenvalue weighted by molar-refractivity contribution is 6.01. The molecule has 4 amide bonds. The molecule has 0 spiro atoms. The van der Waals surface area contributed by atoms with Crippen molar-refractivity contribution < 1.29 is 33.4 Å². The number of esters is 3. The van der Waals surface area contributed by atoms with Gasteiger partial charge in [-0.25, -0.2) is 24.0 Å². The van der Waals surface area contributed by atoms with E-state index in [9.17, 15) is 24.0 Å². The number of ether oxygens (including phenoxy) is 2. The number of methoxy groups -OCH3 is 1. The van der Waals surface area contributed by atoms with Crippen LogP contribution in [0.5, 0.6) is 0 Å². The van der Waals surface area contributed by atoms with Gasteiger partial charge in [0, 0.05) is 26.3 Å². The summed E-state index contributed by atoms with van der Waals surface area (Å²) in [6.45, 7) is -0.402. The minimum Gasteiger partial charge on any atom is -0.465 e. The number of nitrogens with zero attached hydrogens (tertiary/aromatic N) is 3. The van der Waals surface area contributed by atoms with E-state index in [-0.39, 0.29) is 17.7 Å². The molecule has 3 rings (SSSR count). The highest BCUT2D eigenvalue weighted by atomic mass is 16.6. The van der Waals surface area contributed by atoms with Crippen LogP contribution in [0.25, 0.3) is 0 Å². The molecule has 0 aromatic heterocycles. The second-order valence-corrected chi connectivity index (χ2v) is 8.39. The third-order valence-corrected chi connectivity index (χ3v) is 5.92. The number of urea groups is 2. The largest absolute Gasteiger partial charge is 0.465 e. The van der Waals surface area contributed by atoms with Crippen LogP contribution in [-0.4, -0.2) is 74.1 Å². The Hall–Kier alpha value is -4.41. The summed E-state index contributed by atoms with van der Waals surface area (Å²) in [6, 6.07) is 13.0. The first-order valence-electron chi connectivity index (χ1n) is 11.2. The summed E-state index contributed by atoms with van der Waals surface area (Å²) < 4.78 is 9.90. The molecule has 0 bridgehead atoms. The number of nitrogens with two attached hydrogens (primary N) is 1. The predicted octanol–water partition coefficient (Wildman–Crippen LogP) is 2.10. The Morgan fingerprint density at radius 1 is 1.03 bits per heavy atom. The topological polar surface area (TPSA) is 140 Å². The first-order chi connectivity index (χ1) is 17.1. The molecule has 0 saturated carbocycles. The van der Waals surface area contributed by atoms with Gasteiger partial charge in [-0.1, -0.05) is 36.4 Å². The minimum absolute atomic E-state index is 0.137. The Labute approximate surface area is 208 Å². The molecule has 2 N–H and O–H groups in total. The van der Waals surface area contributed by atoms with Crippen LogP contribution in [0.2, 0.25) is 0 Å². The standard InChI is InChI=1S/C25H28N4O7/c1-27(2)24(34)29-14-8-13-25(29,18-10-5-4-6-11-18)22(32)36-20(30)16-28(23(26)33)19-12-7-9-17(15-19)21(31)35-3/h4-7,9-12,15H,8,13-14,16H2,1-3H3,(H2,26,33). The van der Waals surface area contributed by atoms with Crippen molar-refractivity contribution in [3.63, 3.8) is 0 Å². The van der Waals surface area contributed by atoms with Gasteiger partial charge < -0.3 is 25.0 Å². The molecule has 1 atom stereocenters. The van der Waals surface area contributed by atoms with E-state index in [1.54, 1.807) is 44.4 Å². The Morgan fingerprint density at radius 3 is 2.33 bits per heavy atom. The molecular weight excluding hydrogens is 468 g/mol. The fourth-order valence-electron chi connectivity index (χ4n) is 4.23. The van der Waals surface area contributed by atoms with Crippen LogP contribution in [-0.2, 0) is 24.6 Å². The fraction of sp³-hybridized carbons (Fsp3) is 0.320. The van der Waals surface area contributed by atoms with Crippen LogP contribution in [0.15, 0.2) is 54.6 Å². The lowest BCUT2D eigenvalue weighted by molar-refractivity contribution is -0.166. The van der Waals surface area contributed by atoms with Crippen molar-refractivity contribution in [3.8, 4) is 0 Å². The number of carbonyl (C=O) groups is 5. The van der Waals surface area contributed by atoms with E-state index in [2.05, 4.69) is 4.74 Å². The van der Waals surface area contributed by atoms with Gasteiger partial charge in [-0.2, -0.15) is 0 Å².